The van der Waals surface area contributed by atoms with Gasteiger partial charge in [0.15, 0.2) is 0 Å². The molecule has 3 saturated carbocycles. The SMILES string of the molecule is C=C1CC[C@H](O)C/C1=C\C=C1/CCC[C@]2(C)[C@@H]([C@H](C)/C=C/[C@H](CC)C(C)C)CC[C@@H]12. The van der Waals surface area contributed by atoms with Gasteiger partial charge in [0.2, 0.25) is 0 Å². The molecule has 3 rings (SSSR count). The maximum atomic E-state index is 10.1. The third-order valence-corrected chi connectivity index (χ3v) is 8.85. The second-order valence-electron chi connectivity index (χ2n) is 11.1. The Morgan fingerprint density at radius 2 is 1.87 bits per heavy atom. The quantitative estimate of drug-likeness (QED) is 0.439. The van der Waals surface area contributed by atoms with Crippen molar-refractivity contribution in [2.45, 2.75) is 98.5 Å². The molecule has 30 heavy (non-hydrogen) atoms. The van der Waals surface area contributed by atoms with Crippen LogP contribution in [0.3, 0.4) is 0 Å². The van der Waals surface area contributed by atoms with Crippen LogP contribution in [0.2, 0.25) is 0 Å². The fourth-order valence-electron chi connectivity index (χ4n) is 6.82. The molecule has 0 radical (unpaired) electrons. The predicted molar refractivity (Wildman–Crippen MR) is 130 cm³/mol. The van der Waals surface area contributed by atoms with Crippen molar-refractivity contribution in [1.82, 2.24) is 0 Å². The maximum Gasteiger partial charge on any atom is 0.0583 e. The van der Waals surface area contributed by atoms with Crippen molar-refractivity contribution in [3.8, 4) is 0 Å². The average molecular weight is 411 g/mol. The minimum atomic E-state index is -0.182. The van der Waals surface area contributed by atoms with Crippen LogP contribution in [-0.4, -0.2) is 11.2 Å². The van der Waals surface area contributed by atoms with Gasteiger partial charge in [-0.05, 0) is 98.4 Å². The second-order valence-corrected chi connectivity index (χ2v) is 11.1. The van der Waals surface area contributed by atoms with E-state index >= 15 is 0 Å². The molecule has 0 amide bonds. The Labute approximate surface area is 186 Å². The molecule has 0 aromatic heterocycles. The first kappa shape index (κ1) is 23.6. The second kappa shape index (κ2) is 10.0. The van der Waals surface area contributed by atoms with Crippen molar-refractivity contribution in [2.75, 3.05) is 0 Å². The topological polar surface area (TPSA) is 20.2 Å². The van der Waals surface area contributed by atoms with E-state index in [2.05, 4.69) is 65.5 Å². The van der Waals surface area contributed by atoms with Gasteiger partial charge in [0, 0.05) is 0 Å². The average Bonchev–Trinajstić information content (AvgIpc) is 3.06. The highest BCUT2D eigenvalue weighted by molar-refractivity contribution is 5.36. The van der Waals surface area contributed by atoms with E-state index in [9.17, 15) is 5.11 Å². The molecule has 0 heterocycles. The molecule has 0 aliphatic heterocycles. The van der Waals surface area contributed by atoms with Crippen LogP contribution in [0, 0.1) is 35.0 Å². The van der Waals surface area contributed by atoms with Crippen LogP contribution < -0.4 is 0 Å². The van der Waals surface area contributed by atoms with Crippen molar-refractivity contribution < 1.29 is 5.11 Å². The molecule has 0 aromatic carbocycles. The Hall–Kier alpha value is -1.08. The van der Waals surface area contributed by atoms with Gasteiger partial charge in [-0.1, -0.05) is 76.6 Å². The summed E-state index contributed by atoms with van der Waals surface area (Å²) in [5.74, 6) is 3.64. The summed E-state index contributed by atoms with van der Waals surface area (Å²) >= 11 is 0. The van der Waals surface area contributed by atoms with Crippen molar-refractivity contribution in [3.05, 3.63) is 47.6 Å². The van der Waals surface area contributed by atoms with Crippen LogP contribution in [0.25, 0.3) is 0 Å². The Kier molecular flexibility index (Phi) is 7.88. The molecule has 0 aromatic rings. The fourth-order valence-corrected chi connectivity index (χ4v) is 6.82. The molecule has 0 unspecified atom stereocenters. The van der Waals surface area contributed by atoms with Crippen LogP contribution >= 0.6 is 0 Å². The molecule has 1 heteroatoms. The van der Waals surface area contributed by atoms with Gasteiger partial charge in [0.25, 0.3) is 0 Å². The molecule has 6 atom stereocenters. The lowest BCUT2D eigenvalue weighted by Gasteiger charge is -2.44. The molecule has 3 aliphatic carbocycles. The van der Waals surface area contributed by atoms with Crippen LogP contribution in [0.4, 0.5) is 0 Å². The van der Waals surface area contributed by atoms with Crippen molar-refractivity contribution >= 4 is 0 Å². The Morgan fingerprint density at radius 1 is 1.10 bits per heavy atom. The van der Waals surface area contributed by atoms with Gasteiger partial charge in [-0.25, -0.2) is 0 Å². The van der Waals surface area contributed by atoms with Gasteiger partial charge in [-0.2, -0.15) is 0 Å². The largest absolute Gasteiger partial charge is 0.393 e. The van der Waals surface area contributed by atoms with Gasteiger partial charge in [0.05, 0.1) is 6.10 Å². The first-order chi connectivity index (χ1) is 14.3. The molecule has 3 fully saturated rings. The molecular weight excluding hydrogens is 364 g/mol. The van der Waals surface area contributed by atoms with Crippen LogP contribution in [-0.2, 0) is 0 Å². The van der Waals surface area contributed by atoms with Gasteiger partial charge in [-0.15, -0.1) is 0 Å². The van der Waals surface area contributed by atoms with Gasteiger partial charge in [-0.3, -0.25) is 0 Å². The number of aliphatic hydroxyl groups excluding tert-OH is 1. The lowest BCUT2D eigenvalue weighted by molar-refractivity contribution is 0.112. The number of allylic oxidation sites excluding steroid dienone is 6. The standard InChI is InChI=1S/C29H46O/c1-7-23(20(2)3)12-10-22(5)27-16-17-28-24(9-8-18-29(27,28)6)13-14-25-19-26(30)15-11-21(25)4/h10,12-14,20,22-23,26-28,30H,4,7-9,11,15-19H2,1-3,5-6H3/b12-10+,24-13+,25-14+/t22-,23+,26+,27-,28+,29-/m1/s1. The van der Waals surface area contributed by atoms with Crippen molar-refractivity contribution in [3.63, 3.8) is 0 Å². The number of fused-ring (bicyclic) bond motifs is 1. The summed E-state index contributed by atoms with van der Waals surface area (Å²) in [6, 6.07) is 0. The summed E-state index contributed by atoms with van der Waals surface area (Å²) in [6.07, 6.45) is 20.1. The number of hydrogen-bond donors (Lipinski definition) is 1. The van der Waals surface area contributed by atoms with Gasteiger partial charge < -0.3 is 5.11 Å². The predicted octanol–water partition coefficient (Wildman–Crippen LogP) is 8.03. The number of hydrogen-bond acceptors (Lipinski definition) is 1. The Bertz CT molecular complexity index is 693. The van der Waals surface area contributed by atoms with E-state index in [1.165, 1.54) is 49.7 Å². The molecule has 0 spiro atoms. The van der Waals surface area contributed by atoms with Crippen LogP contribution in [0.5, 0.6) is 0 Å². The van der Waals surface area contributed by atoms with E-state index in [1.54, 1.807) is 5.57 Å². The fraction of sp³-hybridized carbons (Fsp3) is 0.724. The molecule has 1 N–H and O–H groups in total. The highest BCUT2D eigenvalue weighted by Crippen LogP contribution is 2.59. The van der Waals surface area contributed by atoms with Gasteiger partial charge in [0.1, 0.15) is 0 Å². The summed E-state index contributed by atoms with van der Waals surface area (Å²) < 4.78 is 0. The zero-order valence-electron chi connectivity index (χ0n) is 20.3. The monoisotopic (exact) mass is 410 g/mol. The molecule has 1 nitrogen and oxygen atoms in total. The Morgan fingerprint density at radius 3 is 2.57 bits per heavy atom. The third-order valence-electron chi connectivity index (χ3n) is 8.85. The van der Waals surface area contributed by atoms with Gasteiger partial charge >= 0.3 is 0 Å². The summed E-state index contributed by atoms with van der Waals surface area (Å²) in [5, 5.41) is 10.1. The lowest BCUT2D eigenvalue weighted by Crippen LogP contribution is -2.35. The molecule has 3 aliphatic rings. The maximum absolute atomic E-state index is 10.1. The van der Waals surface area contributed by atoms with Crippen LogP contribution in [0.1, 0.15) is 92.4 Å². The summed E-state index contributed by atoms with van der Waals surface area (Å²) in [7, 11) is 0. The van der Waals surface area contributed by atoms with E-state index in [0.29, 0.717) is 17.3 Å². The minimum absolute atomic E-state index is 0.182. The zero-order chi connectivity index (χ0) is 21.9. The first-order valence-electron chi connectivity index (χ1n) is 12.7. The third kappa shape index (κ3) is 5.04. The van der Waals surface area contributed by atoms with E-state index < -0.39 is 0 Å². The Balaban J connectivity index is 1.75. The summed E-state index contributed by atoms with van der Waals surface area (Å²) in [6.45, 7) is 16.3. The number of rotatable bonds is 6. The van der Waals surface area contributed by atoms with Crippen molar-refractivity contribution in [1.29, 1.82) is 0 Å². The molecule has 0 bridgehead atoms. The van der Waals surface area contributed by atoms with Crippen LogP contribution in [0.15, 0.2) is 47.6 Å². The highest BCUT2D eigenvalue weighted by Gasteiger charge is 2.50. The minimum Gasteiger partial charge on any atom is -0.393 e. The summed E-state index contributed by atoms with van der Waals surface area (Å²) in [5.41, 5.74) is 4.61. The van der Waals surface area contributed by atoms with E-state index in [0.717, 1.165) is 37.0 Å². The first-order valence-corrected chi connectivity index (χ1v) is 12.7. The smallest absolute Gasteiger partial charge is 0.0583 e. The van der Waals surface area contributed by atoms with E-state index in [4.69, 9.17) is 0 Å². The summed E-state index contributed by atoms with van der Waals surface area (Å²) in [4.78, 5) is 0. The number of aliphatic hydroxyl groups is 1. The molecular formula is C29H46O. The molecule has 168 valence electrons. The van der Waals surface area contributed by atoms with E-state index in [1.807, 2.05) is 0 Å². The normalized spacial score (nSPS) is 37.3. The zero-order valence-corrected chi connectivity index (χ0v) is 20.3. The van der Waals surface area contributed by atoms with E-state index in [-0.39, 0.29) is 6.10 Å². The highest BCUT2D eigenvalue weighted by atomic mass is 16.3. The lowest BCUT2D eigenvalue weighted by atomic mass is 9.61. The molecule has 0 saturated heterocycles. The van der Waals surface area contributed by atoms with Crippen molar-refractivity contribution in [2.24, 2.45) is 35.0 Å².